The minimum Gasteiger partial charge on any atom is -0.311 e. The van der Waals surface area contributed by atoms with E-state index in [1.165, 1.54) is 75.8 Å². The molecule has 0 bridgehead atoms. The zero-order chi connectivity index (χ0) is 44.2. The van der Waals surface area contributed by atoms with Gasteiger partial charge in [0.05, 0.1) is 0 Å². The Kier molecular flexibility index (Phi) is 9.73. The van der Waals surface area contributed by atoms with Crippen molar-refractivity contribution < 1.29 is 0 Å². The molecule has 1 aliphatic carbocycles. The van der Waals surface area contributed by atoms with E-state index < -0.39 is 0 Å². The fraction of sp³-hybridized carbons (Fsp3) is 0.0476. The van der Waals surface area contributed by atoms with E-state index in [1.807, 2.05) is 11.3 Å². The molecule has 0 spiro atoms. The molecule has 0 unspecified atom stereocenters. The van der Waals surface area contributed by atoms with Crippen molar-refractivity contribution in [2.75, 3.05) is 9.80 Å². The summed E-state index contributed by atoms with van der Waals surface area (Å²) < 4.78 is 2.61. The zero-order valence-electron chi connectivity index (χ0n) is 36.9. The van der Waals surface area contributed by atoms with E-state index >= 15 is 0 Å². The maximum absolute atomic E-state index is 2.42. The smallest absolute Gasteiger partial charge is 0.0465 e. The van der Waals surface area contributed by atoms with Crippen LogP contribution >= 0.6 is 11.3 Å². The number of thiophene rings is 1. The maximum atomic E-state index is 2.42. The van der Waals surface area contributed by atoms with Crippen LogP contribution in [0.4, 0.5) is 34.1 Å². The fourth-order valence-electron chi connectivity index (χ4n) is 10.0. The quantitative estimate of drug-likeness (QED) is 0.143. The van der Waals surface area contributed by atoms with E-state index in [-0.39, 0.29) is 5.41 Å². The number of nitrogens with zero attached hydrogens (tertiary/aromatic N) is 2. The lowest BCUT2D eigenvalue weighted by Crippen LogP contribution is -2.16. The SMILES string of the molecule is CC1(C)c2cc(-c3ccc(-c4ccc5sc6ccc(-c7ccc(N(c8ccccc8)c8ccccc8)cc7)cc6c5c4)cc3)ccc2-c2ccc(N(c3ccccc3)c3ccccc3)cc21. The number of benzene rings is 10. The molecule has 0 saturated carbocycles. The number of anilines is 6. The average Bonchev–Trinajstić information content (AvgIpc) is 3.85. The van der Waals surface area contributed by atoms with Crippen LogP contribution in [0.2, 0.25) is 0 Å². The minimum absolute atomic E-state index is 0.163. The Balaban J connectivity index is 0.820. The molecular formula is C63H46N2S. The van der Waals surface area contributed by atoms with Gasteiger partial charge in [-0.05, 0) is 159 Å². The van der Waals surface area contributed by atoms with Gasteiger partial charge in [0, 0.05) is 59.7 Å². The molecule has 0 saturated heterocycles. The molecule has 314 valence electrons. The van der Waals surface area contributed by atoms with E-state index in [1.54, 1.807) is 0 Å². The molecule has 0 aliphatic heterocycles. The molecule has 3 heteroatoms. The summed E-state index contributed by atoms with van der Waals surface area (Å²) in [5, 5.41) is 2.60. The number of fused-ring (bicyclic) bond motifs is 6. The standard InChI is InChI=1S/C63H46N2S/c1-63(2)59-41-48(29-35-55(59)56-36-34-54(42-60(56)63)65(51-19-11-5-12-20-51)52-21-13-6-14-22-52)44-25-23-43(24-26-44)46-30-37-61-57(39-46)58-40-47(31-38-62(58)66-61)45-27-32-53(33-28-45)64(49-15-7-3-8-16-49)50-17-9-4-10-18-50/h3-42H,1-2H3. The Labute approximate surface area is 391 Å². The van der Waals surface area contributed by atoms with Crippen molar-refractivity contribution in [3.63, 3.8) is 0 Å². The molecule has 0 radical (unpaired) electrons. The summed E-state index contributed by atoms with van der Waals surface area (Å²) in [4.78, 5) is 4.66. The number of hydrogen-bond acceptors (Lipinski definition) is 3. The topological polar surface area (TPSA) is 6.48 Å². The van der Waals surface area contributed by atoms with Gasteiger partial charge in [-0.1, -0.05) is 153 Å². The fourth-order valence-corrected chi connectivity index (χ4v) is 11.1. The van der Waals surface area contributed by atoms with Gasteiger partial charge in [-0.15, -0.1) is 11.3 Å². The predicted octanol–water partition coefficient (Wildman–Crippen LogP) is 18.3. The van der Waals surface area contributed by atoms with Crippen molar-refractivity contribution >= 4 is 65.6 Å². The highest BCUT2D eigenvalue weighted by Gasteiger charge is 2.36. The monoisotopic (exact) mass is 862 g/mol. The van der Waals surface area contributed by atoms with Gasteiger partial charge in [0.1, 0.15) is 0 Å². The van der Waals surface area contributed by atoms with E-state index in [0.717, 1.165) is 34.1 Å². The van der Waals surface area contributed by atoms with Crippen molar-refractivity contribution in [1.82, 2.24) is 0 Å². The first-order valence-corrected chi connectivity index (χ1v) is 23.6. The van der Waals surface area contributed by atoms with Gasteiger partial charge in [0.2, 0.25) is 0 Å². The number of rotatable bonds is 9. The molecule has 1 aliphatic rings. The largest absolute Gasteiger partial charge is 0.311 e. The summed E-state index contributed by atoms with van der Waals surface area (Å²) in [6.45, 7) is 4.75. The summed E-state index contributed by atoms with van der Waals surface area (Å²) in [7, 11) is 0. The zero-order valence-corrected chi connectivity index (χ0v) is 37.7. The Morgan fingerprint density at radius 3 is 1.06 bits per heavy atom. The summed E-state index contributed by atoms with van der Waals surface area (Å²) in [5.74, 6) is 0. The number of hydrogen-bond donors (Lipinski definition) is 0. The van der Waals surface area contributed by atoms with Gasteiger partial charge in [-0.25, -0.2) is 0 Å². The highest BCUT2D eigenvalue weighted by molar-refractivity contribution is 7.25. The van der Waals surface area contributed by atoms with E-state index in [0.29, 0.717) is 0 Å². The first-order valence-electron chi connectivity index (χ1n) is 22.7. The maximum Gasteiger partial charge on any atom is 0.0465 e. The van der Waals surface area contributed by atoms with Crippen LogP contribution in [-0.4, -0.2) is 0 Å². The highest BCUT2D eigenvalue weighted by atomic mass is 32.1. The lowest BCUT2D eigenvalue weighted by molar-refractivity contribution is 0.660. The Bertz CT molecular complexity index is 3440. The average molecular weight is 863 g/mol. The van der Waals surface area contributed by atoms with Crippen molar-refractivity contribution in [2.45, 2.75) is 19.3 Å². The van der Waals surface area contributed by atoms with Gasteiger partial charge in [-0.3, -0.25) is 0 Å². The lowest BCUT2D eigenvalue weighted by atomic mass is 9.81. The molecule has 0 atom stereocenters. The van der Waals surface area contributed by atoms with Crippen molar-refractivity contribution in [1.29, 1.82) is 0 Å². The second-order valence-electron chi connectivity index (χ2n) is 17.8. The van der Waals surface area contributed by atoms with Gasteiger partial charge < -0.3 is 9.80 Å². The van der Waals surface area contributed by atoms with Crippen molar-refractivity contribution in [2.24, 2.45) is 0 Å². The van der Waals surface area contributed by atoms with Crippen LogP contribution < -0.4 is 9.80 Å². The minimum atomic E-state index is -0.163. The van der Waals surface area contributed by atoms with E-state index in [9.17, 15) is 0 Å². The van der Waals surface area contributed by atoms with Gasteiger partial charge in [0.15, 0.2) is 0 Å². The van der Waals surface area contributed by atoms with Gasteiger partial charge in [0.25, 0.3) is 0 Å². The third kappa shape index (κ3) is 6.97. The summed E-state index contributed by atoms with van der Waals surface area (Å²) in [5.41, 5.74) is 19.4. The first-order chi connectivity index (χ1) is 32.5. The van der Waals surface area contributed by atoms with Crippen LogP contribution in [0.5, 0.6) is 0 Å². The lowest BCUT2D eigenvalue weighted by Gasteiger charge is -2.28. The number of para-hydroxylation sites is 4. The van der Waals surface area contributed by atoms with E-state index in [2.05, 4.69) is 266 Å². The molecule has 0 fully saturated rings. The molecule has 1 aromatic heterocycles. The summed E-state index contributed by atoms with van der Waals surface area (Å²) in [6, 6.07) is 88.5. The summed E-state index contributed by atoms with van der Waals surface area (Å²) in [6.07, 6.45) is 0. The molecule has 2 nitrogen and oxygen atoms in total. The van der Waals surface area contributed by atoms with Gasteiger partial charge in [-0.2, -0.15) is 0 Å². The predicted molar refractivity (Wildman–Crippen MR) is 283 cm³/mol. The molecule has 66 heavy (non-hydrogen) atoms. The first kappa shape index (κ1) is 39.6. The molecule has 0 N–H and O–H groups in total. The Morgan fingerprint density at radius 1 is 0.288 bits per heavy atom. The van der Waals surface area contributed by atoms with Crippen molar-refractivity contribution in [3.05, 3.63) is 254 Å². The van der Waals surface area contributed by atoms with Crippen molar-refractivity contribution in [3.8, 4) is 44.5 Å². The third-order valence-corrected chi connectivity index (χ3v) is 14.6. The van der Waals surface area contributed by atoms with Crippen LogP contribution in [0.25, 0.3) is 64.7 Å². The normalized spacial score (nSPS) is 12.5. The van der Waals surface area contributed by atoms with Crippen LogP contribution in [-0.2, 0) is 5.41 Å². The van der Waals surface area contributed by atoms with E-state index in [4.69, 9.17) is 0 Å². The molecule has 0 amide bonds. The van der Waals surface area contributed by atoms with Crippen LogP contribution in [0.3, 0.4) is 0 Å². The molecule has 12 rings (SSSR count). The second-order valence-corrected chi connectivity index (χ2v) is 18.9. The molecule has 10 aromatic carbocycles. The third-order valence-electron chi connectivity index (χ3n) is 13.5. The molecular weight excluding hydrogens is 817 g/mol. The molecule has 11 aromatic rings. The van der Waals surface area contributed by atoms with Crippen LogP contribution in [0.15, 0.2) is 243 Å². The summed E-state index contributed by atoms with van der Waals surface area (Å²) >= 11 is 1.87. The second kappa shape index (κ2) is 16.2. The Morgan fingerprint density at radius 2 is 0.606 bits per heavy atom. The molecule has 1 heterocycles. The van der Waals surface area contributed by atoms with Gasteiger partial charge >= 0.3 is 0 Å². The van der Waals surface area contributed by atoms with Crippen LogP contribution in [0.1, 0.15) is 25.0 Å². The van der Waals surface area contributed by atoms with Crippen LogP contribution in [0, 0.1) is 0 Å². The Hall–Kier alpha value is -7.98. The highest BCUT2D eigenvalue weighted by Crippen LogP contribution is 2.52.